The highest BCUT2D eigenvalue weighted by molar-refractivity contribution is 5.75. The minimum atomic E-state index is 0.964. The molecule has 0 nitrogen and oxygen atoms in total. The molecule has 0 aliphatic carbocycles. The summed E-state index contributed by atoms with van der Waals surface area (Å²) in [5.74, 6) is 0. The van der Waals surface area contributed by atoms with Gasteiger partial charge in [0.05, 0.1) is 0 Å². The molecule has 1 rings (SSSR count). The lowest BCUT2D eigenvalue weighted by Gasteiger charge is -2.02. The number of allylic oxidation sites excluding steroid dienone is 2. The van der Waals surface area contributed by atoms with Gasteiger partial charge in [0.2, 0.25) is 0 Å². The van der Waals surface area contributed by atoms with Crippen LogP contribution in [0, 0.1) is 6.07 Å². The lowest BCUT2D eigenvalue weighted by Crippen LogP contribution is -1.81. The van der Waals surface area contributed by atoms with Gasteiger partial charge < -0.3 is 0 Å². The first kappa shape index (κ1) is 7.80. The van der Waals surface area contributed by atoms with E-state index < -0.39 is 0 Å². The van der Waals surface area contributed by atoms with E-state index in [0.717, 1.165) is 16.7 Å². The Morgan fingerprint density at radius 3 is 2.55 bits per heavy atom. The molecular weight excluding hydrogens is 132 g/mol. The molecule has 0 unspecified atom stereocenters. The molecule has 55 valence electrons. The molecule has 0 fully saturated rings. The predicted molar refractivity (Wildman–Crippen MR) is 49.1 cm³/mol. The van der Waals surface area contributed by atoms with Crippen LogP contribution in [-0.2, 0) is 0 Å². The summed E-state index contributed by atoms with van der Waals surface area (Å²) in [5.41, 5.74) is 2.98. The third-order valence-corrected chi connectivity index (χ3v) is 1.55. The van der Waals surface area contributed by atoms with E-state index in [9.17, 15) is 0 Å². The van der Waals surface area contributed by atoms with Gasteiger partial charge in [-0.15, -0.1) is 0 Å². The van der Waals surface area contributed by atoms with Crippen molar-refractivity contribution in [1.29, 1.82) is 0 Å². The van der Waals surface area contributed by atoms with Crippen LogP contribution >= 0.6 is 0 Å². The summed E-state index contributed by atoms with van der Waals surface area (Å²) < 4.78 is 0. The third kappa shape index (κ3) is 1.81. The highest BCUT2D eigenvalue weighted by Gasteiger charge is 1.96. The van der Waals surface area contributed by atoms with E-state index in [-0.39, 0.29) is 0 Å². The number of rotatable bonds is 2. The fourth-order valence-corrected chi connectivity index (χ4v) is 0.811. The van der Waals surface area contributed by atoms with Crippen molar-refractivity contribution >= 4 is 5.57 Å². The Hall–Kier alpha value is -1.30. The highest BCUT2D eigenvalue weighted by atomic mass is 14.0. The van der Waals surface area contributed by atoms with Crippen molar-refractivity contribution < 1.29 is 0 Å². The van der Waals surface area contributed by atoms with Crippen molar-refractivity contribution in [3.8, 4) is 0 Å². The molecule has 1 aromatic carbocycles. The van der Waals surface area contributed by atoms with Crippen LogP contribution in [0.5, 0.6) is 0 Å². The zero-order valence-corrected chi connectivity index (χ0v) is 6.72. The van der Waals surface area contributed by atoms with E-state index in [2.05, 4.69) is 19.2 Å². The second-order valence-electron chi connectivity index (χ2n) is 2.54. The Bertz CT molecular complexity index is 267. The topological polar surface area (TPSA) is 0 Å². The standard InChI is InChI=1S/C11H11/c1-9(2)10(3)11-7-5-4-6-8-11/h4-7H,1,3H2,2H3. The van der Waals surface area contributed by atoms with Crippen LogP contribution in [0.15, 0.2) is 43.0 Å². The van der Waals surface area contributed by atoms with E-state index >= 15 is 0 Å². The molecule has 0 aliphatic rings. The molecule has 0 aromatic heterocycles. The SMILES string of the molecule is C=C(C)C(=C)c1[c]cccc1. The van der Waals surface area contributed by atoms with E-state index in [4.69, 9.17) is 0 Å². The quantitative estimate of drug-likeness (QED) is 0.558. The zero-order chi connectivity index (χ0) is 8.27. The molecule has 0 saturated heterocycles. The molecule has 11 heavy (non-hydrogen) atoms. The smallest absolute Gasteiger partial charge is 0.00993 e. The predicted octanol–water partition coefficient (Wildman–Crippen LogP) is 3.08. The first-order valence-electron chi connectivity index (χ1n) is 3.53. The molecule has 1 radical (unpaired) electrons. The van der Waals surface area contributed by atoms with E-state index in [0.29, 0.717) is 0 Å². The van der Waals surface area contributed by atoms with Gasteiger partial charge in [0.25, 0.3) is 0 Å². The monoisotopic (exact) mass is 143 g/mol. The average molecular weight is 143 g/mol. The Labute approximate surface area is 67.9 Å². The van der Waals surface area contributed by atoms with Gasteiger partial charge >= 0.3 is 0 Å². The minimum absolute atomic E-state index is 0.964. The highest BCUT2D eigenvalue weighted by Crippen LogP contribution is 2.17. The minimum Gasteiger partial charge on any atom is -0.0955 e. The maximum atomic E-state index is 3.89. The molecule has 0 saturated carbocycles. The largest absolute Gasteiger partial charge is 0.0955 e. The maximum Gasteiger partial charge on any atom is -0.00993 e. The molecule has 1 aromatic rings. The van der Waals surface area contributed by atoms with Gasteiger partial charge in [-0.25, -0.2) is 0 Å². The molecule has 0 heteroatoms. The normalized spacial score (nSPS) is 9.18. The summed E-state index contributed by atoms with van der Waals surface area (Å²) in [6, 6.07) is 10.9. The van der Waals surface area contributed by atoms with Crippen LogP contribution in [0.1, 0.15) is 12.5 Å². The Kier molecular flexibility index (Phi) is 2.27. The number of hydrogen-bond donors (Lipinski definition) is 0. The summed E-state index contributed by atoms with van der Waals surface area (Å²) in [5, 5.41) is 0. The van der Waals surface area contributed by atoms with Gasteiger partial charge in [-0.2, -0.15) is 0 Å². The van der Waals surface area contributed by atoms with Crippen molar-refractivity contribution in [1.82, 2.24) is 0 Å². The van der Waals surface area contributed by atoms with Crippen LogP contribution in [0.3, 0.4) is 0 Å². The molecule has 0 heterocycles. The molecule has 0 spiro atoms. The van der Waals surface area contributed by atoms with Crippen molar-refractivity contribution in [2.24, 2.45) is 0 Å². The van der Waals surface area contributed by atoms with Gasteiger partial charge in [0.1, 0.15) is 0 Å². The summed E-state index contributed by atoms with van der Waals surface area (Å²) in [6.07, 6.45) is 0. The van der Waals surface area contributed by atoms with Crippen molar-refractivity contribution in [2.45, 2.75) is 6.92 Å². The molecule has 0 atom stereocenters. The molecular formula is C11H11. The van der Waals surface area contributed by atoms with E-state index in [1.165, 1.54) is 0 Å². The third-order valence-electron chi connectivity index (χ3n) is 1.55. The lowest BCUT2D eigenvalue weighted by molar-refractivity contribution is 1.52. The molecule has 0 bridgehead atoms. The first-order chi connectivity index (χ1) is 5.22. The number of hydrogen-bond acceptors (Lipinski definition) is 0. The van der Waals surface area contributed by atoms with Crippen LogP contribution in [0.4, 0.5) is 0 Å². The fraction of sp³-hybridized carbons (Fsp3) is 0.0909. The van der Waals surface area contributed by atoms with Gasteiger partial charge in [0.15, 0.2) is 0 Å². The Morgan fingerprint density at radius 1 is 1.36 bits per heavy atom. The number of benzene rings is 1. The molecule has 0 aliphatic heterocycles. The maximum absolute atomic E-state index is 3.89. The van der Waals surface area contributed by atoms with E-state index in [1.54, 1.807) is 0 Å². The van der Waals surface area contributed by atoms with Crippen LogP contribution in [0.25, 0.3) is 5.57 Å². The lowest BCUT2D eigenvalue weighted by atomic mass is 10.0. The van der Waals surface area contributed by atoms with Gasteiger partial charge in [-0.3, -0.25) is 0 Å². The van der Waals surface area contributed by atoms with Crippen LogP contribution < -0.4 is 0 Å². The Balaban J connectivity index is 2.95. The second-order valence-corrected chi connectivity index (χ2v) is 2.54. The van der Waals surface area contributed by atoms with Gasteiger partial charge in [0, 0.05) is 0 Å². The van der Waals surface area contributed by atoms with Crippen LogP contribution in [-0.4, -0.2) is 0 Å². The molecule has 0 N–H and O–H groups in total. The second kappa shape index (κ2) is 3.20. The Morgan fingerprint density at radius 2 is 2.09 bits per heavy atom. The van der Waals surface area contributed by atoms with Crippen molar-refractivity contribution in [2.75, 3.05) is 0 Å². The first-order valence-corrected chi connectivity index (χ1v) is 3.53. The fourth-order valence-electron chi connectivity index (χ4n) is 0.811. The molecule has 0 amide bonds. The zero-order valence-electron chi connectivity index (χ0n) is 6.72. The van der Waals surface area contributed by atoms with Gasteiger partial charge in [-0.1, -0.05) is 43.0 Å². The van der Waals surface area contributed by atoms with Crippen molar-refractivity contribution in [3.63, 3.8) is 0 Å². The van der Waals surface area contributed by atoms with Crippen LogP contribution in [0.2, 0.25) is 0 Å². The van der Waals surface area contributed by atoms with E-state index in [1.807, 2.05) is 31.2 Å². The summed E-state index contributed by atoms with van der Waals surface area (Å²) in [4.78, 5) is 0. The summed E-state index contributed by atoms with van der Waals surface area (Å²) >= 11 is 0. The summed E-state index contributed by atoms with van der Waals surface area (Å²) in [7, 11) is 0. The van der Waals surface area contributed by atoms with Gasteiger partial charge in [-0.05, 0) is 24.1 Å². The average Bonchev–Trinajstić information content (AvgIpc) is 2.05. The summed E-state index contributed by atoms with van der Waals surface area (Å²) in [6.45, 7) is 9.65. The van der Waals surface area contributed by atoms with Crippen molar-refractivity contribution in [3.05, 3.63) is 54.6 Å².